The molecule has 2 aliphatic rings. The number of nitro groups is 1. The number of likely N-dealkylation sites (N-methyl/N-ethyl adjacent to an activating group) is 1. The van der Waals surface area contributed by atoms with Crippen LogP contribution in [0.2, 0.25) is 0 Å². The van der Waals surface area contributed by atoms with Crippen molar-refractivity contribution in [2.24, 2.45) is 0 Å². The molecule has 1 N–H and O–H groups in total. The van der Waals surface area contributed by atoms with Gasteiger partial charge in [-0.15, -0.1) is 0 Å². The van der Waals surface area contributed by atoms with Gasteiger partial charge < -0.3 is 10.0 Å². The number of aromatic hydroxyl groups is 1. The van der Waals surface area contributed by atoms with Crippen molar-refractivity contribution < 1.29 is 10.0 Å². The van der Waals surface area contributed by atoms with Crippen LogP contribution in [0.5, 0.6) is 5.75 Å². The molecule has 1 aliphatic heterocycles. The third kappa shape index (κ3) is 2.89. The highest BCUT2D eigenvalue weighted by Gasteiger charge is 2.27. The Morgan fingerprint density at radius 2 is 1.92 bits per heavy atom. The van der Waals surface area contributed by atoms with Crippen molar-refractivity contribution in [2.45, 2.75) is 31.6 Å². The molecule has 1 atom stereocenters. The lowest BCUT2D eigenvalue weighted by molar-refractivity contribution is -0.385. The van der Waals surface area contributed by atoms with Gasteiger partial charge in [0.2, 0.25) is 0 Å². The molecule has 1 aliphatic carbocycles. The number of aryl methyl sites for hydroxylation is 2. The average Bonchev–Trinajstić information content (AvgIpc) is 2.99. The fraction of sp³-hybridized carbons (Fsp3) is 0.400. The van der Waals surface area contributed by atoms with Crippen molar-refractivity contribution in [3.63, 3.8) is 0 Å². The van der Waals surface area contributed by atoms with Crippen LogP contribution < -0.4 is 0 Å². The van der Waals surface area contributed by atoms with Gasteiger partial charge in [-0.25, -0.2) is 0 Å². The molecule has 0 aromatic heterocycles. The van der Waals surface area contributed by atoms with Gasteiger partial charge >= 0.3 is 5.69 Å². The molecule has 0 radical (unpaired) electrons. The monoisotopic (exact) mass is 338 g/mol. The smallest absolute Gasteiger partial charge is 0.310 e. The summed E-state index contributed by atoms with van der Waals surface area (Å²) < 4.78 is 0. The van der Waals surface area contributed by atoms with E-state index in [0.717, 1.165) is 43.5 Å². The normalized spacial score (nSPS) is 20.0. The molecule has 0 spiro atoms. The zero-order chi connectivity index (χ0) is 17.6. The minimum atomic E-state index is -0.505. The number of rotatable bonds is 2. The van der Waals surface area contributed by atoms with Crippen LogP contribution in [0.15, 0.2) is 30.3 Å². The van der Waals surface area contributed by atoms with Crippen LogP contribution in [-0.2, 0) is 19.3 Å². The maximum atomic E-state index is 11.2. The predicted octanol–water partition coefficient (Wildman–Crippen LogP) is 3.41. The Bertz CT molecular complexity index is 847. The molecule has 5 heteroatoms. The summed E-state index contributed by atoms with van der Waals surface area (Å²) in [4.78, 5) is 12.9. The molecule has 0 fully saturated rings. The summed E-state index contributed by atoms with van der Waals surface area (Å²) in [5, 5.41) is 21.3. The highest BCUT2D eigenvalue weighted by Crippen LogP contribution is 2.38. The summed E-state index contributed by atoms with van der Waals surface area (Å²) in [6, 6.07) is 9.90. The Balaban J connectivity index is 1.82. The first-order valence-corrected chi connectivity index (χ1v) is 8.83. The van der Waals surface area contributed by atoms with Crippen LogP contribution in [-0.4, -0.2) is 35.1 Å². The number of nitrogens with zero attached hydrogens (tertiary/aromatic N) is 2. The van der Waals surface area contributed by atoms with Crippen molar-refractivity contribution in [3.05, 3.63) is 68.3 Å². The molecule has 2 aromatic carbocycles. The molecule has 25 heavy (non-hydrogen) atoms. The van der Waals surface area contributed by atoms with Gasteiger partial charge in [0.05, 0.1) is 4.92 Å². The van der Waals surface area contributed by atoms with E-state index in [1.54, 1.807) is 12.1 Å². The van der Waals surface area contributed by atoms with E-state index in [1.165, 1.54) is 23.1 Å². The van der Waals surface area contributed by atoms with E-state index in [-0.39, 0.29) is 17.4 Å². The second kappa shape index (κ2) is 6.15. The highest BCUT2D eigenvalue weighted by molar-refractivity contribution is 5.55. The molecule has 2 aromatic rings. The van der Waals surface area contributed by atoms with Gasteiger partial charge in [-0.05, 0) is 66.6 Å². The minimum absolute atomic E-state index is 0.125. The first-order valence-electron chi connectivity index (χ1n) is 8.83. The molecule has 5 nitrogen and oxygen atoms in total. The van der Waals surface area contributed by atoms with Gasteiger partial charge in [0.1, 0.15) is 0 Å². The number of phenolic OH excluding ortho intramolecular Hbond substituents is 1. The van der Waals surface area contributed by atoms with E-state index in [1.807, 2.05) is 0 Å². The summed E-state index contributed by atoms with van der Waals surface area (Å²) in [7, 11) is 2.08. The maximum Gasteiger partial charge on any atom is 0.310 e. The SMILES string of the molecule is CN1CCc2cc([N+](=O)[O-])c(O)cc2C(c2ccc3c(c2)CCC3)C1. The van der Waals surface area contributed by atoms with Crippen LogP contribution in [0.1, 0.15) is 40.2 Å². The Morgan fingerprint density at radius 3 is 2.72 bits per heavy atom. The Kier molecular flexibility index (Phi) is 3.96. The van der Waals surface area contributed by atoms with Gasteiger partial charge in [-0.3, -0.25) is 10.1 Å². The van der Waals surface area contributed by atoms with E-state index >= 15 is 0 Å². The number of benzene rings is 2. The van der Waals surface area contributed by atoms with Gasteiger partial charge in [-0.2, -0.15) is 0 Å². The van der Waals surface area contributed by atoms with Gasteiger partial charge in [0.15, 0.2) is 5.75 Å². The standard InChI is InChI=1S/C20H22N2O3/c1-21-8-7-16-10-19(22(24)25)20(23)11-17(16)18(12-21)15-6-5-13-3-2-4-14(13)9-15/h5-6,9-11,18,23H,2-4,7-8,12H2,1H3. The average molecular weight is 338 g/mol. The molecule has 0 saturated carbocycles. The van der Waals surface area contributed by atoms with Crippen molar-refractivity contribution in [1.82, 2.24) is 4.90 Å². The third-order valence-electron chi connectivity index (χ3n) is 5.59. The Labute approximate surface area is 147 Å². The fourth-order valence-corrected chi connectivity index (χ4v) is 4.23. The predicted molar refractivity (Wildman–Crippen MR) is 96.3 cm³/mol. The summed E-state index contributed by atoms with van der Waals surface area (Å²) in [6.45, 7) is 1.71. The molecule has 0 bridgehead atoms. The summed E-state index contributed by atoms with van der Waals surface area (Å²) >= 11 is 0. The topological polar surface area (TPSA) is 66.6 Å². The number of phenols is 1. The molecular formula is C20H22N2O3. The number of fused-ring (bicyclic) bond motifs is 2. The maximum absolute atomic E-state index is 11.2. The Hall–Kier alpha value is -2.40. The zero-order valence-corrected chi connectivity index (χ0v) is 14.4. The number of nitro benzene ring substituents is 1. The van der Waals surface area contributed by atoms with Crippen LogP contribution in [0.3, 0.4) is 0 Å². The molecule has 0 saturated heterocycles. The van der Waals surface area contributed by atoms with E-state index in [4.69, 9.17) is 0 Å². The van der Waals surface area contributed by atoms with Crippen molar-refractivity contribution >= 4 is 5.69 Å². The van der Waals surface area contributed by atoms with E-state index in [0.29, 0.717) is 0 Å². The quantitative estimate of drug-likeness (QED) is 0.673. The van der Waals surface area contributed by atoms with Crippen LogP contribution in [0, 0.1) is 10.1 Å². The second-order valence-electron chi connectivity index (χ2n) is 7.24. The molecule has 130 valence electrons. The highest BCUT2D eigenvalue weighted by atomic mass is 16.6. The van der Waals surface area contributed by atoms with E-state index in [2.05, 4.69) is 30.1 Å². The first-order chi connectivity index (χ1) is 12.0. The van der Waals surface area contributed by atoms with Gasteiger partial charge in [-0.1, -0.05) is 18.2 Å². The summed E-state index contributed by atoms with van der Waals surface area (Å²) in [5.41, 5.74) is 5.90. The first kappa shape index (κ1) is 16.1. The molecule has 4 rings (SSSR count). The largest absolute Gasteiger partial charge is 0.502 e. The van der Waals surface area contributed by atoms with Crippen molar-refractivity contribution in [3.8, 4) is 5.75 Å². The van der Waals surface area contributed by atoms with Crippen LogP contribution in [0.4, 0.5) is 5.69 Å². The lowest BCUT2D eigenvalue weighted by Gasteiger charge is -2.23. The van der Waals surface area contributed by atoms with E-state index < -0.39 is 4.92 Å². The lowest BCUT2D eigenvalue weighted by Crippen LogP contribution is -2.24. The van der Waals surface area contributed by atoms with Gasteiger partial charge in [0.25, 0.3) is 0 Å². The number of hydrogen-bond donors (Lipinski definition) is 1. The lowest BCUT2D eigenvalue weighted by atomic mass is 9.86. The molecule has 1 heterocycles. The summed E-state index contributed by atoms with van der Waals surface area (Å²) in [6.07, 6.45) is 4.26. The van der Waals surface area contributed by atoms with Crippen molar-refractivity contribution in [2.75, 3.05) is 20.1 Å². The minimum Gasteiger partial charge on any atom is -0.502 e. The second-order valence-corrected chi connectivity index (χ2v) is 7.24. The zero-order valence-electron chi connectivity index (χ0n) is 14.4. The van der Waals surface area contributed by atoms with Gasteiger partial charge in [0, 0.05) is 25.1 Å². The fourth-order valence-electron chi connectivity index (χ4n) is 4.23. The van der Waals surface area contributed by atoms with Crippen LogP contribution in [0.25, 0.3) is 0 Å². The van der Waals surface area contributed by atoms with E-state index in [9.17, 15) is 15.2 Å². The molecule has 1 unspecified atom stereocenters. The Morgan fingerprint density at radius 1 is 1.12 bits per heavy atom. The van der Waals surface area contributed by atoms with Crippen molar-refractivity contribution in [1.29, 1.82) is 0 Å². The molecule has 0 amide bonds. The summed E-state index contributed by atoms with van der Waals surface area (Å²) in [5.74, 6) is -0.112. The third-order valence-corrected chi connectivity index (χ3v) is 5.59. The molecular weight excluding hydrogens is 316 g/mol. The number of hydrogen-bond acceptors (Lipinski definition) is 4. The van der Waals surface area contributed by atoms with Crippen LogP contribution >= 0.6 is 0 Å².